The topological polar surface area (TPSA) is 81.5 Å². The SMILES string of the molecule is COc1ccc(-c2nc3ccc(-n4cnnn4)cc3[nH]2)cc1C. The smallest absolute Gasteiger partial charge is 0.143 e. The highest BCUT2D eigenvalue weighted by molar-refractivity contribution is 5.81. The van der Waals surface area contributed by atoms with Crippen LogP contribution < -0.4 is 4.74 Å². The number of ether oxygens (including phenoxy) is 1. The second kappa shape index (κ2) is 5.20. The fourth-order valence-electron chi connectivity index (χ4n) is 2.58. The molecule has 2 aromatic heterocycles. The fourth-order valence-corrected chi connectivity index (χ4v) is 2.58. The molecule has 7 nitrogen and oxygen atoms in total. The number of imidazole rings is 1. The van der Waals surface area contributed by atoms with E-state index in [1.807, 2.05) is 37.3 Å². The molecule has 2 aromatic carbocycles. The van der Waals surface area contributed by atoms with Gasteiger partial charge in [-0.3, -0.25) is 0 Å². The molecule has 0 aliphatic carbocycles. The zero-order chi connectivity index (χ0) is 15.8. The van der Waals surface area contributed by atoms with E-state index in [0.29, 0.717) is 0 Å². The Morgan fingerprint density at radius 1 is 1.13 bits per heavy atom. The van der Waals surface area contributed by atoms with Gasteiger partial charge in [0.05, 0.1) is 23.8 Å². The van der Waals surface area contributed by atoms with Crippen LogP contribution in [0, 0.1) is 6.92 Å². The number of tetrazole rings is 1. The van der Waals surface area contributed by atoms with Crippen LogP contribution in [-0.2, 0) is 0 Å². The molecule has 0 spiro atoms. The molecule has 4 rings (SSSR count). The summed E-state index contributed by atoms with van der Waals surface area (Å²) in [6, 6.07) is 11.8. The summed E-state index contributed by atoms with van der Waals surface area (Å²) in [6.07, 6.45) is 1.56. The monoisotopic (exact) mass is 306 g/mol. The molecular formula is C16H14N6O. The Kier molecular flexibility index (Phi) is 3.04. The Bertz CT molecular complexity index is 974. The highest BCUT2D eigenvalue weighted by atomic mass is 16.5. The standard InChI is InChI=1S/C16H14N6O/c1-10-7-11(3-6-15(10)23-2)16-18-13-5-4-12(8-14(13)19-16)22-9-17-20-21-22/h3-9H,1-2H3,(H,18,19). The number of rotatable bonds is 3. The summed E-state index contributed by atoms with van der Waals surface area (Å²) >= 11 is 0. The third-order valence-electron chi connectivity index (χ3n) is 3.75. The number of fused-ring (bicyclic) bond motifs is 1. The van der Waals surface area contributed by atoms with Gasteiger partial charge in [0.1, 0.15) is 17.9 Å². The van der Waals surface area contributed by atoms with Crippen molar-refractivity contribution >= 4 is 11.0 Å². The lowest BCUT2D eigenvalue weighted by Crippen LogP contribution is -1.94. The number of aromatic nitrogens is 6. The third kappa shape index (κ3) is 2.32. The number of aromatic amines is 1. The van der Waals surface area contributed by atoms with Gasteiger partial charge >= 0.3 is 0 Å². The van der Waals surface area contributed by atoms with Gasteiger partial charge in [-0.2, -0.15) is 0 Å². The first-order chi connectivity index (χ1) is 11.2. The van der Waals surface area contributed by atoms with E-state index in [2.05, 4.69) is 31.6 Å². The molecular weight excluding hydrogens is 292 g/mol. The Labute approximate surface area is 131 Å². The van der Waals surface area contributed by atoms with E-state index in [1.165, 1.54) is 0 Å². The molecule has 0 amide bonds. The van der Waals surface area contributed by atoms with Gasteiger partial charge in [-0.15, -0.1) is 5.10 Å². The molecule has 23 heavy (non-hydrogen) atoms. The number of hydrogen-bond donors (Lipinski definition) is 1. The fraction of sp³-hybridized carbons (Fsp3) is 0.125. The van der Waals surface area contributed by atoms with Crippen LogP contribution in [0.1, 0.15) is 5.56 Å². The first-order valence-corrected chi connectivity index (χ1v) is 7.13. The van der Waals surface area contributed by atoms with Crippen molar-refractivity contribution in [3.8, 4) is 22.8 Å². The van der Waals surface area contributed by atoms with Crippen molar-refractivity contribution in [3.63, 3.8) is 0 Å². The second-order valence-corrected chi connectivity index (χ2v) is 5.23. The largest absolute Gasteiger partial charge is 0.496 e. The maximum Gasteiger partial charge on any atom is 0.143 e. The van der Waals surface area contributed by atoms with Crippen LogP contribution >= 0.6 is 0 Å². The van der Waals surface area contributed by atoms with Gasteiger partial charge in [-0.25, -0.2) is 9.67 Å². The van der Waals surface area contributed by atoms with Crippen LogP contribution in [0.3, 0.4) is 0 Å². The molecule has 4 aromatic rings. The first-order valence-electron chi connectivity index (χ1n) is 7.13. The van der Waals surface area contributed by atoms with Gasteiger partial charge in [-0.1, -0.05) is 0 Å². The summed E-state index contributed by atoms with van der Waals surface area (Å²) in [6.45, 7) is 2.01. The van der Waals surface area contributed by atoms with Crippen LogP contribution in [0.2, 0.25) is 0 Å². The quantitative estimate of drug-likeness (QED) is 0.629. The predicted octanol–water partition coefficient (Wildman–Crippen LogP) is 2.52. The molecule has 0 atom stereocenters. The van der Waals surface area contributed by atoms with E-state index in [9.17, 15) is 0 Å². The first kappa shape index (κ1) is 13.4. The molecule has 0 fully saturated rings. The van der Waals surface area contributed by atoms with Crippen LogP contribution in [-0.4, -0.2) is 37.3 Å². The lowest BCUT2D eigenvalue weighted by molar-refractivity contribution is 0.412. The van der Waals surface area contributed by atoms with Crippen LogP contribution in [0.4, 0.5) is 0 Å². The van der Waals surface area contributed by atoms with Crippen molar-refractivity contribution in [1.29, 1.82) is 0 Å². The summed E-state index contributed by atoms with van der Waals surface area (Å²) in [5.74, 6) is 1.69. The van der Waals surface area contributed by atoms with Gasteiger partial charge < -0.3 is 9.72 Å². The Hall–Kier alpha value is -3.22. The van der Waals surface area contributed by atoms with E-state index < -0.39 is 0 Å². The van der Waals surface area contributed by atoms with Crippen molar-refractivity contribution in [2.45, 2.75) is 6.92 Å². The van der Waals surface area contributed by atoms with E-state index in [0.717, 1.165) is 39.4 Å². The maximum atomic E-state index is 5.30. The van der Waals surface area contributed by atoms with E-state index in [4.69, 9.17) is 4.74 Å². The van der Waals surface area contributed by atoms with E-state index in [-0.39, 0.29) is 0 Å². The molecule has 0 saturated carbocycles. The molecule has 0 aliphatic heterocycles. The lowest BCUT2D eigenvalue weighted by atomic mass is 10.1. The predicted molar refractivity (Wildman–Crippen MR) is 85.5 cm³/mol. The summed E-state index contributed by atoms with van der Waals surface area (Å²) < 4.78 is 6.91. The molecule has 7 heteroatoms. The summed E-state index contributed by atoms with van der Waals surface area (Å²) in [5, 5.41) is 11.2. The average Bonchev–Trinajstić information content (AvgIpc) is 3.23. The van der Waals surface area contributed by atoms with Crippen LogP contribution in [0.5, 0.6) is 5.75 Å². The molecule has 2 heterocycles. The van der Waals surface area contributed by atoms with Crippen molar-refractivity contribution in [2.24, 2.45) is 0 Å². The Morgan fingerprint density at radius 2 is 2.04 bits per heavy atom. The highest BCUT2D eigenvalue weighted by Crippen LogP contribution is 2.26. The minimum Gasteiger partial charge on any atom is -0.496 e. The van der Waals surface area contributed by atoms with Crippen molar-refractivity contribution in [1.82, 2.24) is 30.2 Å². The van der Waals surface area contributed by atoms with Crippen molar-refractivity contribution in [3.05, 3.63) is 48.3 Å². The normalized spacial score (nSPS) is 11.0. The van der Waals surface area contributed by atoms with Gasteiger partial charge in [0.2, 0.25) is 0 Å². The number of nitrogens with one attached hydrogen (secondary N) is 1. The Balaban J connectivity index is 1.78. The zero-order valence-corrected chi connectivity index (χ0v) is 12.7. The van der Waals surface area contributed by atoms with Gasteiger partial charge in [-0.05, 0) is 59.3 Å². The molecule has 0 radical (unpaired) electrons. The lowest BCUT2D eigenvalue weighted by Gasteiger charge is -2.05. The van der Waals surface area contributed by atoms with Gasteiger partial charge in [0, 0.05) is 5.56 Å². The number of H-pyrrole nitrogens is 1. The molecule has 0 bridgehead atoms. The van der Waals surface area contributed by atoms with Gasteiger partial charge in [0.15, 0.2) is 0 Å². The average molecular weight is 306 g/mol. The summed E-state index contributed by atoms with van der Waals surface area (Å²) in [7, 11) is 1.67. The number of methoxy groups -OCH3 is 1. The number of aryl methyl sites for hydroxylation is 1. The molecule has 0 unspecified atom stereocenters. The van der Waals surface area contributed by atoms with E-state index >= 15 is 0 Å². The summed E-state index contributed by atoms with van der Waals surface area (Å²) in [4.78, 5) is 7.99. The molecule has 0 saturated heterocycles. The molecule has 1 N–H and O–H groups in total. The third-order valence-corrected chi connectivity index (χ3v) is 3.75. The van der Waals surface area contributed by atoms with Crippen LogP contribution in [0.15, 0.2) is 42.7 Å². The van der Waals surface area contributed by atoms with E-state index in [1.54, 1.807) is 18.1 Å². The summed E-state index contributed by atoms with van der Waals surface area (Å²) in [5.41, 5.74) is 4.79. The minimum atomic E-state index is 0.819. The van der Waals surface area contributed by atoms with Crippen LogP contribution in [0.25, 0.3) is 28.1 Å². The van der Waals surface area contributed by atoms with Crippen molar-refractivity contribution in [2.75, 3.05) is 7.11 Å². The molecule has 0 aliphatic rings. The second-order valence-electron chi connectivity index (χ2n) is 5.23. The number of benzene rings is 2. The maximum absolute atomic E-state index is 5.30. The zero-order valence-electron chi connectivity index (χ0n) is 12.7. The van der Waals surface area contributed by atoms with Gasteiger partial charge in [0.25, 0.3) is 0 Å². The van der Waals surface area contributed by atoms with Crippen molar-refractivity contribution < 1.29 is 4.74 Å². The number of hydrogen-bond acceptors (Lipinski definition) is 5. The highest BCUT2D eigenvalue weighted by Gasteiger charge is 2.09. The minimum absolute atomic E-state index is 0.819. The molecule has 114 valence electrons. The Morgan fingerprint density at radius 3 is 2.78 bits per heavy atom. The number of nitrogens with zero attached hydrogens (tertiary/aromatic N) is 5.